The highest BCUT2D eigenvalue weighted by molar-refractivity contribution is 6.02. The lowest BCUT2D eigenvalue weighted by Gasteiger charge is -2.11. The number of halogens is 1. The fraction of sp³-hybridized carbons (Fsp3) is 0.0952. The fourth-order valence-corrected chi connectivity index (χ4v) is 3.15. The molecule has 26 heavy (non-hydrogen) atoms. The van der Waals surface area contributed by atoms with E-state index in [2.05, 4.69) is 9.97 Å². The predicted octanol–water partition coefficient (Wildman–Crippen LogP) is 5.05. The van der Waals surface area contributed by atoms with Crippen LogP contribution < -0.4 is 9.47 Å². The van der Waals surface area contributed by atoms with Crippen molar-refractivity contribution >= 4 is 10.9 Å². The topological polar surface area (TPSA) is 47.1 Å². The number of rotatable bonds is 4. The lowest BCUT2D eigenvalue weighted by Crippen LogP contribution is -1.93. The van der Waals surface area contributed by atoms with E-state index in [0.29, 0.717) is 11.5 Å². The minimum atomic E-state index is -0.261. The van der Waals surface area contributed by atoms with E-state index >= 15 is 0 Å². The molecule has 0 unspecified atom stereocenters. The molecule has 5 heteroatoms. The van der Waals surface area contributed by atoms with Crippen LogP contribution in [0.5, 0.6) is 11.5 Å². The first-order valence-electron chi connectivity index (χ1n) is 8.15. The molecule has 2 heterocycles. The molecule has 0 aliphatic carbocycles. The van der Waals surface area contributed by atoms with Crippen LogP contribution in [0.1, 0.15) is 0 Å². The fourth-order valence-electron chi connectivity index (χ4n) is 3.15. The Hall–Kier alpha value is -3.34. The van der Waals surface area contributed by atoms with Crippen molar-refractivity contribution in [2.24, 2.45) is 0 Å². The van der Waals surface area contributed by atoms with Gasteiger partial charge in [-0.3, -0.25) is 4.98 Å². The minimum absolute atomic E-state index is 0.261. The maximum Gasteiger partial charge on any atom is 0.132 e. The molecule has 2 aromatic carbocycles. The Morgan fingerprint density at radius 3 is 2.62 bits per heavy atom. The van der Waals surface area contributed by atoms with E-state index in [4.69, 9.17) is 9.47 Å². The van der Waals surface area contributed by atoms with E-state index in [-0.39, 0.29) is 5.82 Å². The second-order valence-corrected chi connectivity index (χ2v) is 5.86. The van der Waals surface area contributed by atoms with Crippen LogP contribution in [0, 0.1) is 5.82 Å². The highest BCUT2D eigenvalue weighted by Crippen LogP contribution is 2.38. The number of ether oxygens (including phenoxy) is 2. The molecule has 0 atom stereocenters. The van der Waals surface area contributed by atoms with Crippen LogP contribution in [-0.2, 0) is 0 Å². The molecule has 1 N–H and O–H groups in total. The lowest BCUT2D eigenvalue weighted by atomic mass is 10.0. The van der Waals surface area contributed by atoms with Gasteiger partial charge < -0.3 is 14.5 Å². The summed E-state index contributed by atoms with van der Waals surface area (Å²) in [7, 11) is 3.23. The second-order valence-electron chi connectivity index (χ2n) is 5.86. The monoisotopic (exact) mass is 348 g/mol. The van der Waals surface area contributed by atoms with Gasteiger partial charge in [0.15, 0.2) is 0 Å². The number of methoxy groups -OCH3 is 2. The number of fused-ring (bicyclic) bond motifs is 1. The van der Waals surface area contributed by atoms with Crippen LogP contribution in [-0.4, -0.2) is 24.2 Å². The van der Waals surface area contributed by atoms with Crippen LogP contribution in [0.4, 0.5) is 4.39 Å². The third kappa shape index (κ3) is 2.67. The molecule has 0 amide bonds. The quantitative estimate of drug-likeness (QED) is 0.561. The molecule has 0 aliphatic heterocycles. The Morgan fingerprint density at radius 2 is 1.85 bits per heavy atom. The summed E-state index contributed by atoms with van der Waals surface area (Å²) in [5, 5.41) is 0.971. The van der Waals surface area contributed by atoms with Gasteiger partial charge in [-0.1, -0.05) is 12.1 Å². The van der Waals surface area contributed by atoms with Crippen molar-refractivity contribution < 1.29 is 13.9 Å². The van der Waals surface area contributed by atoms with E-state index in [9.17, 15) is 4.39 Å². The van der Waals surface area contributed by atoms with Crippen molar-refractivity contribution in [1.29, 1.82) is 0 Å². The highest BCUT2D eigenvalue weighted by Gasteiger charge is 2.15. The van der Waals surface area contributed by atoms with Gasteiger partial charge in [-0.15, -0.1) is 0 Å². The van der Waals surface area contributed by atoms with E-state index < -0.39 is 0 Å². The molecule has 0 fully saturated rings. The molecule has 0 aliphatic rings. The predicted molar refractivity (Wildman–Crippen MR) is 100 cm³/mol. The first-order chi connectivity index (χ1) is 12.7. The van der Waals surface area contributed by atoms with E-state index in [1.165, 1.54) is 12.1 Å². The van der Waals surface area contributed by atoms with Gasteiger partial charge in [-0.2, -0.15) is 0 Å². The third-order valence-corrected chi connectivity index (χ3v) is 4.40. The standard InChI is InChI=1S/C21H17FN2O2/c1-25-15-6-7-17(19(11-15)26-2)21-20-16(8-9-23-21)18(12-24-20)13-4-3-5-14(22)10-13/h3-12,24H,1-2H3. The molecular weight excluding hydrogens is 331 g/mol. The summed E-state index contributed by atoms with van der Waals surface area (Å²) in [6, 6.07) is 14.1. The zero-order chi connectivity index (χ0) is 18.1. The molecule has 0 radical (unpaired) electrons. The Morgan fingerprint density at radius 1 is 0.962 bits per heavy atom. The molecular formula is C21H17FN2O2. The van der Waals surface area contributed by atoms with Crippen LogP contribution >= 0.6 is 0 Å². The number of nitrogens with one attached hydrogen (secondary N) is 1. The molecule has 0 spiro atoms. The molecule has 4 nitrogen and oxygen atoms in total. The van der Waals surface area contributed by atoms with Crippen molar-refractivity contribution in [3.63, 3.8) is 0 Å². The third-order valence-electron chi connectivity index (χ3n) is 4.40. The van der Waals surface area contributed by atoms with E-state index in [1.807, 2.05) is 36.5 Å². The van der Waals surface area contributed by atoms with E-state index in [0.717, 1.165) is 33.3 Å². The van der Waals surface area contributed by atoms with Crippen molar-refractivity contribution in [1.82, 2.24) is 9.97 Å². The SMILES string of the molecule is COc1ccc(-c2nccc3c(-c4cccc(F)c4)c[nH]c23)c(OC)c1. The summed E-state index contributed by atoms with van der Waals surface area (Å²) in [5.41, 5.74) is 4.23. The number of aromatic nitrogens is 2. The normalized spacial score (nSPS) is 10.9. The highest BCUT2D eigenvalue weighted by atomic mass is 19.1. The van der Waals surface area contributed by atoms with Gasteiger partial charge in [0.25, 0.3) is 0 Å². The van der Waals surface area contributed by atoms with Gasteiger partial charge in [0.1, 0.15) is 17.3 Å². The number of H-pyrrole nitrogens is 1. The Labute approximate surface area is 150 Å². The maximum atomic E-state index is 13.6. The van der Waals surface area contributed by atoms with Gasteiger partial charge in [-0.25, -0.2) is 4.39 Å². The Balaban J connectivity index is 1.91. The molecule has 0 saturated carbocycles. The van der Waals surface area contributed by atoms with E-state index in [1.54, 1.807) is 26.5 Å². The molecule has 0 bridgehead atoms. The van der Waals surface area contributed by atoms with Gasteiger partial charge in [0.05, 0.1) is 25.4 Å². The largest absolute Gasteiger partial charge is 0.497 e. The zero-order valence-electron chi connectivity index (χ0n) is 14.4. The van der Waals surface area contributed by atoms with Crippen molar-refractivity contribution in [3.8, 4) is 33.9 Å². The molecule has 4 rings (SSSR count). The van der Waals surface area contributed by atoms with Gasteiger partial charge in [0.2, 0.25) is 0 Å². The van der Waals surface area contributed by atoms with Gasteiger partial charge in [-0.05, 0) is 35.9 Å². The number of hydrogen-bond donors (Lipinski definition) is 1. The van der Waals surface area contributed by atoms with Crippen molar-refractivity contribution in [3.05, 3.63) is 66.7 Å². The average molecular weight is 348 g/mol. The van der Waals surface area contributed by atoms with Crippen LogP contribution in [0.3, 0.4) is 0 Å². The first kappa shape index (κ1) is 16.1. The summed E-state index contributed by atoms with van der Waals surface area (Å²) in [6.07, 6.45) is 3.62. The lowest BCUT2D eigenvalue weighted by molar-refractivity contribution is 0.395. The summed E-state index contributed by atoms with van der Waals surface area (Å²) < 4.78 is 24.4. The van der Waals surface area contributed by atoms with Crippen molar-refractivity contribution in [2.45, 2.75) is 0 Å². The number of hydrogen-bond acceptors (Lipinski definition) is 3. The Kier molecular flexibility index (Phi) is 4.05. The number of benzene rings is 2. The summed E-state index contributed by atoms with van der Waals surface area (Å²) in [6.45, 7) is 0. The Bertz CT molecular complexity index is 1090. The van der Waals surface area contributed by atoms with Crippen molar-refractivity contribution in [2.75, 3.05) is 14.2 Å². The van der Waals surface area contributed by atoms with Gasteiger partial charge >= 0.3 is 0 Å². The van der Waals surface area contributed by atoms with Crippen LogP contribution in [0.15, 0.2) is 60.9 Å². The number of nitrogens with zero attached hydrogens (tertiary/aromatic N) is 1. The second kappa shape index (κ2) is 6.52. The van der Waals surface area contributed by atoms with Crippen LogP contribution in [0.25, 0.3) is 33.3 Å². The van der Waals surface area contributed by atoms with Crippen LogP contribution in [0.2, 0.25) is 0 Å². The molecule has 4 aromatic rings. The number of pyridine rings is 1. The zero-order valence-corrected chi connectivity index (χ0v) is 14.4. The summed E-state index contributed by atoms with van der Waals surface area (Å²) in [5.74, 6) is 1.12. The average Bonchev–Trinajstić information content (AvgIpc) is 3.11. The summed E-state index contributed by atoms with van der Waals surface area (Å²) >= 11 is 0. The number of aromatic amines is 1. The maximum absolute atomic E-state index is 13.6. The summed E-state index contributed by atoms with van der Waals surface area (Å²) in [4.78, 5) is 7.82. The molecule has 130 valence electrons. The molecule has 0 saturated heterocycles. The van der Waals surface area contributed by atoms with Gasteiger partial charge in [0, 0.05) is 35.0 Å². The minimum Gasteiger partial charge on any atom is -0.497 e. The first-order valence-corrected chi connectivity index (χ1v) is 8.15. The molecule has 2 aromatic heterocycles. The smallest absolute Gasteiger partial charge is 0.132 e.